The van der Waals surface area contributed by atoms with E-state index in [4.69, 9.17) is 4.98 Å². The molecule has 2 N–H and O–H groups in total. The molecular formula is C27H28FN7O. The smallest absolute Gasteiger partial charge is 0.256 e. The second kappa shape index (κ2) is 10.3. The normalized spacial score (nSPS) is 14.8. The first kappa shape index (κ1) is 23.7. The van der Waals surface area contributed by atoms with Gasteiger partial charge in [-0.1, -0.05) is 6.07 Å². The lowest BCUT2D eigenvalue weighted by atomic mass is 10.0. The molecule has 3 heterocycles. The highest BCUT2D eigenvalue weighted by Crippen LogP contribution is 2.25. The van der Waals surface area contributed by atoms with E-state index in [9.17, 15) is 9.18 Å². The third-order valence-corrected chi connectivity index (χ3v) is 6.48. The number of nitrogens with zero attached hydrogens (tertiary/aromatic N) is 5. The van der Waals surface area contributed by atoms with Gasteiger partial charge in [-0.25, -0.2) is 9.37 Å². The lowest BCUT2D eigenvalue weighted by Crippen LogP contribution is -2.42. The van der Waals surface area contributed by atoms with E-state index >= 15 is 0 Å². The van der Waals surface area contributed by atoms with Gasteiger partial charge in [0.2, 0.25) is 0 Å². The first-order valence-corrected chi connectivity index (χ1v) is 12.1. The first-order chi connectivity index (χ1) is 17.4. The Morgan fingerprint density at radius 2 is 1.78 bits per heavy atom. The molecule has 0 saturated carbocycles. The van der Waals surface area contributed by atoms with Crippen LogP contribution in [0.25, 0.3) is 22.2 Å². The van der Waals surface area contributed by atoms with Crippen molar-refractivity contribution in [3.63, 3.8) is 0 Å². The van der Waals surface area contributed by atoms with Gasteiger partial charge in [0.15, 0.2) is 5.82 Å². The van der Waals surface area contributed by atoms with E-state index in [1.807, 2.05) is 18.2 Å². The topological polar surface area (TPSA) is 95.9 Å². The molecule has 0 unspecified atom stereocenters. The van der Waals surface area contributed by atoms with Crippen molar-refractivity contribution in [2.75, 3.05) is 23.7 Å². The van der Waals surface area contributed by atoms with Crippen molar-refractivity contribution >= 4 is 28.4 Å². The van der Waals surface area contributed by atoms with Crippen molar-refractivity contribution in [3.8, 4) is 11.3 Å². The molecule has 0 spiro atoms. The van der Waals surface area contributed by atoms with E-state index in [2.05, 4.69) is 44.6 Å². The van der Waals surface area contributed by atoms with E-state index in [1.54, 1.807) is 18.5 Å². The molecule has 1 amide bonds. The number of carbonyl (C=O) groups excluding carboxylic acids is 1. The number of hydrogen-bond donors (Lipinski definition) is 2. The predicted octanol–water partition coefficient (Wildman–Crippen LogP) is 4.76. The van der Waals surface area contributed by atoms with Crippen LogP contribution < -0.4 is 10.6 Å². The highest BCUT2D eigenvalue weighted by molar-refractivity contribution is 6.04. The van der Waals surface area contributed by atoms with Crippen molar-refractivity contribution in [1.82, 2.24) is 25.1 Å². The van der Waals surface area contributed by atoms with Crippen LogP contribution >= 0.6 is 0 Å². The Balaban J connectivity index is 1.31. The van der Waals surface area contributed by atoms with Gasteiger partial charge in [-0.3, -0.25) is 9.78 Å². The number of aromatic nitrogens is 4. The molecule has 1 aliphatic heterocycles. The third-order valence-electron chi connectivity index (χ3n) is 6.48. The summed E-state index contributed by atoms with van der Waals surface area (Å²) in [4.78, 5) is 24.2. The van der Waals surface area contributed by atoms with Crippen molar-refractivity contribution in [3.05, 3.63) is 72.3 Å². The number of fused-ring (bicyclic) bond motifs is 1. The predicted molar refractivity (Wildman–Crippen MR) is 138 cm³/mol. The molecule has 2 aromatic carbocycles. The Morgan fingerprint density at radius 1 is 1.00 bits per heavy atom. The maximum absolute atomic E-state index is 13.1. The maximum Gasteiger partial charge on any atom is 0.256 e. The molecule has 4 aromatic rings. The van der Waals surface area contributed by atoms with Gasteiger partial charge in [0, 0.05) is 41.7 Å². The standard InChI is InChI=1S/C27H28FN7O/c1-17(2)35-11-9-22(10-12-35)30-26-16-29-15-24(31-26)19-5-8-23-20(13-19)14-25(34-33-23)32-27(36)18-3-6-21(28)7-4-18/h3-8,13-17,22H,9-12H2,1-2H3,(H,30,31)(H,32,34,36). The van der Waals surface area contributed by atoms with Crippen LogP contribution in [0.15, 0.2) is 60.9 Å². The fourth-order valence-corrected chi connectivity index (χ4v) is 4.40. The summed E-state index contributed by atoms with van der Waals surface area (Å²) in [7, 11) is 0. The van der Waals surface area contributed by atoms with Crippen molar-refractivity contribution < 1.29 is 9.18 Å². The molecule has 1 aliphatic rings. The Hall–Kier alpha value is -3.98. The van der Waals surface area contributed by atoms with E-state index in [0.717, 1.165) is 48.4 Å². The van der Waals surface area contributed by atoms with Crippen molar-refractivity contribution in [2.24, 2.45) is 0 Å². The van der Waals surface area contributed by atoms with Crippen LogP contribution in [0, 0.1) is 5.82 Å². The number of nitrogens with one attached hydrogen (secondary N) is 2. The molecule has 0 radical (unpaired) electrons. The number of benzene rings is 2. The van der Waals surface area contributed by atoms with Crippen LogP contribution in [-0.4, -0.2) is 56.1 Å². The molecular weight excluding hydrogens is 457 g/mol. The molecule has 2 aromatic heterocycles. The number of rotatable bonds is 6. The Labute approximate surface area is 209 Å². The van der Waals surface area contributed by atoms with Crippen LogP contribution in [0.5, 0.6) is 0 Å². The molecule has 0 aliphatic carbocycles. The quantitative estimate of drug-likeness (QED) is 0.406. The zero-order chi connectivity index (χ0) is 25.1. The highest BCUT2D eigenvalue weighted by atomic mass is 19.1. The van der Waals surface area contributed by atoms with Gasteiger partial charge < -0.3 is 15.5 Å². The summed E-state index contributed by atoms with van der Waals surface area (Å²) in [5.74, 6) is 0.283. The third kappa shape index (κ3) is 5.46. The average Bonchev–Trinajstić information content (AvgIpc) is 2.89. The lowest BCUT2D eigenvalue weighted by Gasteiger charge is -2.35. The lowest BCUT2D eigenvalue weighted by molar-refractivity contribution is 0.102. The average molecular weight is 486 g/mol. The number of halogens is 1. The van der Waals surface area contributed by atoms with Gasteiger partial charge in [0.25, 0.3) is 5.91 Å². The van der Waals surface area contributed by atoms with Crippen LogP contribution in [0.2, 0.25) is 0 Å². The van der Waals surface area contributed by atoms with Gasteiger partial charge >= 0.3 is 0 Å². The Bertz CT molecular complexity index is 1370. The number of amides is 1. The van der Waals surface area contributed by atoms with Crippen LogP contribution in [0.4, 0.5) is 16.0 Å². The van der Waals surface area contributed by atoms with Gasteiger partial charge in [-0.15, -0.1) is 10.2 Å². The number of likely N-dealkylation sites (tertiary alicyclic amines) is 1. The number of piperidine rings is 1. The zero-order valence-electron chi connectivity index (χ0n) is 20.3. The molecule has 1 saturated heterocycles. The van der Waals surface area contributed by atoms with E-state index in [-0.39, 0.29) is 5.91 Å². The van der Waals surface area contributed by atoms with Gasteiger partial charge in [0.1, 0.15) is 11.6 Å². The minimum Gasteiger partial charge on any atom is -0.366 e. The van der Waals surface area contributed by atoms with Gasteiger partial charge in [0.05, 0.1) is 23.6 Å². The fraction of sp³-hybridized carbons (Fsp3) is 0.296. The molecule has 1 fully saturated rings. The summed E-state index contributed by atoms with van der Waals surface area (Å²) < 4.78 is 13.1. The zero-order valence-corrected chi connectivity index (χ0v) is 20.3. The molecule has 5 rings (SSSR count). The second-order valence-electron chi connectivity index (χ2n) is 9.30. The van der Waals surface area contributed by atoms with Crippen molar-refractivity contribution in [2.45, 2.75) is 38.8 Å². The Kier molecular flexibility index (Phi) is 6.81. The van der Waals surface area contributed by atoms with E-state index in [1.165, 1.54) is 24.3 Å². The van der Waals surface area contributed by atoms with E-state index < -0.39 is 5.82 Å². The second-order valence-corrected chi connectivity index (χ2v) is 9.30. The summed E-state index contributed by atoms with van der Waals surface area (Å²) in [6.45, 7) is 6.63. The monoisotopic (exact) mass is 485 g/mol. The molecule has 0 bridgehead atoms. The van der Waals surface area contributed by atoms with Crippen LogP contribution in [0.3, 0.4) is 0 Å². The summed E-state index contributed by atoms with van der Waals surface area (Å²) in [5.41, 5.74) is 2.66. The van der Waals surface area contributed by atoms with Crippen molar-refractivity contribution in [1.29, 1.82) is 0 Å². The maximum atomic E-state index is 13.1. The minimum atomic E-state index is -0.400. The summed E-state index contributed by atoms with van der Waals surface area (Å²) in [5, 5.41) is 15.4. The van der Waals surface area contributed by atoms with Gasteiger partial charge in [-0.2, -0.15) is 0 Å². The Morgan fingerprint density at radius 3 is 2.53 bits per heavy atom. The van der Waals surface area contributed by atoms with E-state index in [0.29, 0.717) is 29.0 Å². The largest absolute Gasteiger partial charge is 0.366 e. The molecule has 9 heteroatoms. The minimum absolute atomic E-state index is 0.309. The molecule has 0 atom stereocenters. The SMILES string of the molecule is CC(C)N1CCC(Nc2cncc(-c3ccc4nnc(NC(=O)c5ccc(F)cc5)cc4c3)n2)CC1. The number of hydrogen-bond acceptors (Lipinski definition) is 7. The fourth-order valence-electron chi connectivity index (χ4n) is 4.40. The molecule has 36 heavy (non-hydrogen) atoms. The first-order valence-electron chi connectivity index (χ1n) is 12.1. The summed E-state index contributed by atoms with van der Waals surface area (Å²) in [6.07, 6.45) is 5.64. The van der Waals surface area contributed by atoms with Gasteiger partial charge in [-0.05, 0) is 69.2 Å². The number of anilines is 2. The van der Waals surface area contributed by atoms with Crippen LogP contribution in [0.1, 0.15) is 37.0 Å². The van der Waals surface area contributed by atoms with Crippen LogP contribution in [-0.2, 0) is 0 Å². The molecule has 8 nitrogen and oxygen atoms in total. The number of carbonyl (C=O) groups is 1. The summed E-state index contributed by atoms with van der Waals surface area (Å²) >= 11 is 0. The summed E-state index contributed by atoms with van der Waals surface area (Å²) in [6, 6.07) is 13.8. The molecule has 184 valence electrons. The highest BCUT2D eigenvalue weighted by Gasteiger charge is 2.21.